The summed E-state index contributed by atoms with van der Waals surface area (Å²) in [5.74, 6) is -0.774. The van der Waals surface area contributed by atoms with Gasteiger partial charge in [-0.2, -0.15) is 0 Å². The Labute approximate surface area is 185 Å². The number of nitrogens with one attached hydrogen (secondary N) is 2. The quantitative estimate of drug-likeness (QED) is 0.238. The summed E-state index contributed by atoms with van der Waals surface area (Å²) in [5.41, 5.74) is 2.38. The topological polar surface area (TPSA) is 67.4 Å². The first-order valence-electron chi connectivity index (χ1n) is 9.18. The molecule has 2 rings (SSSR count). The number of alkyl halides is 3. The molecule has 0 bridgehead atoms. The van der Waals surface area contributed by atoms with E-state index in [2.05, 4.69) is 10.6 Å². The maximum atomic E-state index is 12.5. The number of hydrogen-bond acceptors (Lipinski definition) is 4. The number of aryl methyl sites for hydroxylation is 1. The minimum Gasteiger partial charge on any atom is -0.462 e. The number of hydrogen-bond donors (Lipinski definition) is 2. The van der Waals surface area contributed by atoms with E-state index < -0.39 is 15.9 Å². The molecule has 29 heavy (non-hydrogen) atoms. The SMILES string of the molecule is CCCCOC(=O)c1ccc(N[C@@H](NC(=O)c2cccc(C)c2)C(Cl)(Cl)Cl)cc1. The smallest absolute Gasteiger partial charge is 0.338 e. The summed E-state index contributed by atoms with van der Waals surface area (Å²) in [4.78, 5) is 24.5. The van der Waals surface area contributed by atoms with Gasteiger partial charge in [-0.15, -0.1) is 0 Å². The highest BCUT2D eigenvalue weighted by Gasteiger charge is 2.34. The van der Waals surface area contributed by atoms with Crippen molar-refractivity contribution in [3.05, 3.63) is 65.2 Å². The molecule has 2 aromatic rings. The maximum Gasteiger partial charge on any atom is 0.338 e. The summed E-state index contributed by atoms with van der Waals surface area (Å²) in [6, 6.07) is 13.6. The number of amides is 1. The lowest BCUT2D eigenvalue weighted by molar-refractivity contribution is 0.0499. The first kappa shape index (κ1) is 23.3. The molecular formula is C21H23Cl3N2O3. The van der Waals surface area contributed by atoms with E-state index in [4.69, 9.17) is 39.5 Å². The molecule has 0 saturated carbocycles. The lowest BCUT2D eigenvalue weighted by Crippen LogP contribution is -2.49. The lowest BCUT2D eigenvalue weighted by Gasteiger charge is -2.27. The molecule has 0 spiro atoms. The molecule has 0 saturated heterocycles. The zero-order chi connectivity index (χ0) is 21.4. The number of ether oxygens (including phenoxy) is 1. The molecule has 2 aromatic carbocycles. The molecule has 0 aliphatic rings. The minimum absolute atomic E-state index is 0.381. The van der Waals surface area contributed by atoms with Crippen molar-refractivity contribution in [1.82, 2.24) is 5.32 Å². The van der Waals surface area contributed by atoms with Crippen LogP contribution in [0.15, 0.2) is 48.5 Å². The van der Waals surface area contributed by atoms with Gasteiger partial charge in [0, 0.05) is 11.3 Å². The van der Waals surface area contributed by atoms with Crippen molar-refractivity contribution in [1.29, 1.82) is 0 Å². The van der Waals surface area contributed by atoms with E-state index >= 15 is 0 Å². The molecule has 5 nitrogen and oxygen atoms in total. The van der Waals surface area contributed by atoms with Crippen LogP contribution >= 0.6 is 34.8 Å². The van der Waals surface area contributed by atoms with Gasteiger partial charge in [-0.3, -0.25) is 4.79 Å². The summed E-state index contributed by atoms with van der Waals surface area (Å²) in [6.45, 7) is 4.29. The average Bonchev–Trinajstić information content (AvgIpc) is 2.67. The maximum absolute atomic E-state index is 12.5. The first-order chi connectivity index (χ1) is 13.7. The Morgan fingerprint density at radius 1 is 1.07 bits per heavy atom. The molecule has 2 N–H and O–H groups in total. The van der Waals surface area contributed by atoms with Crippen LogP contribution in [-0.4, -0.2) is 28.4 Å². The summed E-state index contributed by atoms with van der Waals surface area (Å²) in [5, 5.41) is 5.66. The van der Waals surface area contributed by atoms with Crippen molar-refractivity contribution in [3.8, 4) is 0 Å². The number of anilines is 1. The van der Waals surface area contributed by atoms with E-state index in [-0.39, 0.29) is 5.91 Å². The van der Waals surface area contributed by atoms with E-state index in [0.717, 1.165) is 18.4 Å². The first-order valence-corrected chi connectivity index (χ1v) is 10.3. The fraction of sp³-hybridized carbons (Fsp3) is 0.333. The van der Waals surface area contributed by atoms with Gasteiger partial charge in [0.15, 0.2) is 0 Å². The molecule has 0 unspecified atom stereocenters. The van der Waals surface area contributed by atoms with Crippen LogP contribution in [0.4, 0.5) is 5.69 Å². The van der Waals surface area contributed by atoms with Gasteiger partial charge in [-0.25, -0.2) is 4.79 Å². The van der Waals surface area contributed by atoms with Crippen LogP contribution in [0.1, 0.15) is 46.0 Å². The molecule has 0 aliphatic heterocycles. The van der Waals surface area contributed by atoms with Crippen LogP contribution in [0.5, 0.6) is 0 Å². The average molecular weight is 458 g/mol. The fourth-order valence-corrected chi connectivity index (χ4v) is 2.79. The van der Waals surface area contributed by atoms with Crippen LogP contribution in [0, 0.1) is 6.92 Å². The van der Waals surface area contributed by atoms with E-state index in [1.807, 2.05) is 19.9 Å². The Bertz CT molecular complexity index is 836. The van der Waals surface area contributed by atoms with Gasteiger partial charge < -0.3 is 15.4 Å². The molecule has 0 radical (unpaired) electrons. The Morgan fingerprint density at radius 3 is 2.34 bits per heavy atom. The number of carbonyl (C=O) groups excluding carboxylic acids is 2. The van der Waals surface area contributed by atoms with Gasteiger partial charge >= 0.3 is 5.97 Å². The van der Waals surface area contributed by atoms with Gasteiger partial charge in [0.25, 0.3) is 5.91 Å². The van der Waals surface area contributed by atoms with Crippen LogP contribution in [0.3, 0.4) is 0 Å². The van der Waals surface area contributed by atoms with Gasteiger partial charge in [0.1, 0.15) is 6.17 Å². The third-order valence-electron chi connectivity index (χ3n) is 4.05. The number of carbonyl (C=O) groups is 2. The zero-order valence-corrected chi connectivity index (χ0v) is 18.4. The summed E-state index contributed by atoms with van der Waals surface area (Å²) in [6.07, 6.45) is 0.766. The third-order valence-corrected chi connectivity index (χ3v) is 4.70. The summed E-state index contributed by atoms with van der Waals surface area (Å²) in [7, 11) is 0. The molecule has 0 heterocycles. The molecule has 0 aliphatic carbocycles. The fourth-order valence-electron chi connectivity index (χ4n) is 2.46. The molecule has 1 amide bonds. The number of unbranched alkanes of at least 4 members (excludes halogenated alkanes) is 1. The van der Waals surface area contributed by atoms with Crippen LogP contribution in [-0.2, 0) is 4.74 Å². The van der Waals surface area contributed by atoms with Crippen molar-refractivity contribution in [2.75, 3.05) is 11.9 Å². The number of halogens is 3. The van der Waals surface area contributed by atoms with Crippen molar-refractivity contribution in [3.63, 3.8) is 0 Å². The van der Waals surface area contributed by atoms with Crippen LogP contribution in [0.2, 0.25) is 0 Å². The Morgan fingerprint density at radius 2 is 1.76 bits per heavy atom. The van der Waals surface area contributed by atoms with Gasteiger partial charge in [-0.1, -0.05) is 65.8 Å². The lowest BCUT2D eigenvalue weighted by atomic mass is 10.1. The number of benzene rings is 2. The third kappa shape index (κ3) is 7.42. The van der Waals surface area contributed by atoms with E-state index in [9.17, 15) is 9.59 Å². The number of esters is 1. The molecule has 1 atom stereocenters. The van der Waals surface area contributed by atoms with Gasteiger partial charge in [0.2, 0.25) is 3.79 Å². The second-order valence-corrected chi connectivity index (χ2v) is 8.90. The molecule has 0 fully saturated rings. The summed E-state index contributed by atoms with van der Waals surface area (Å²) < 4.78 is 3.37. The second-order valence-electron chi connectivity index (χ2n) is 6.53. The highest BCUT2D eigenvalue weighted by Crippen LogP contribution is 2.31. The molecule has 156 valence electrons. The van der Waals surface area contributed by atoms with Crippen LogP contribution < -0.4 is 10.6 Å². The normalized spacial score (nSPS) is 12.2. The molecular weight excluding hydrogens is 435 g/mol. The molecule has 8 heteroatoms. The predicted molar refractivity (Wildman–Crippen MR) is 118 cm³/mol. The second kappa shape index (κ2) is 10.7. The van der Waals surface area contributed by atoms with Gasteiger partial charge in [-0.05, 0) is 49.7 Å². The predicted octanol–water partition coefficient (Wildman–Crippen LogP) is 5.49. The van der Waals surface area contributed by atoms with Crippen molar-refractivity contribution < 1.29 is 14.3 Å². The minimum atomic E-state index is -1.81. The van der Waals surface area contributed by atoms with Crippen molar-refractivity contribution in [2.45, 2.75) is 36.6 Å². The Balaban J connectivity index is 2.06. The van der Waals surface area contributed by atoms with Crippen LogP contribution in [0.25, 0.3) is 0 Å². The number of rotatable bonds is 8. The standard InChI is InChI=1S/C21H23Cl3N2O3/c1-3-4-12-29-19(28)15-8-10-17(11-9-15)25-20(21(22,23)24)26-18(27)16-7-5-6-14(2)13-16/h5-11,13,20,25H,3-4,12H2,1-2H3,(H,26,27)/t20-/m0/s1. The van der Waals surface area contributed by atoms with Crippen molar-refractivity contribution in [2.24, 2.45) is 0 Å². The largest absolute Gasteiger partial charge is 0.462 e. The highest BCUT2D eigenvalue weighted by atomic mass is 35.6. The Kier molecular flexibility index (Phi) is 8.62. The monoisotopic (exact) mass is 456 g/mol. The van der Waals surface area contributed by atoms with E-state index in [0.29, 0.717) is 23.4 Å². The molecule has 0 aromatic heterocycles. The van der Waals surface area contributed by atoms with E-state index in [1.165, 1.54) is 0 Å². The van der Waals surface area contributed by atoms with E-state index in [1.54, 1.807) is 42.5 Å². The van der Waals surface area contributed by atoms with Gasteiger partial charge in [0.05, 0.1) is 12.2 Å². The summed E-state index contributed by atoms with van der Waals surface area (Å²) >= 11 is 18.1. The highest BCUT2D eigenvalue weighted by molar-refractivity contribution is 6.68. The Hall–Kier alpha value is -1.95. The zero-order valence-electron chi connectivity index (χ0n) is 16.2. The van der Waals surface area contributed by atoms with Crippen molar-refractivity contribution >= 4 is 52.4 Å².